The van der Waals surface area contributed by atoms with E-state index in [4.69, 9.17) is 0 Å². The maximum Gasteiger partial charge on any atom is 0.242 e. The van der Waals surface area contributed by atoms with Crippen LogP contribution in [-0.2, 0) is 11.2 Å². The van der Waals surface area contributed by atoms with E-state index in [1.54, 1.807) is 11.8 Å². The van der Waals surface area contributed by atoms with Crippen molar-refractivity contribution in [1.82, 2.24) is 5.32 Å². The summed E-state index contributed by atoms with van der Waals surface area (Å²) in [6.45, 7) is 4.14. The number of para-hydroxylation sites is 1. The van der Waals surface area contributed by atoms with E-state index in [9.17, 15) is 4.79 Å². The van der Waals surface area contributed by atoms with Crippen molar-refractivity contribution < 1.29 is 4.79 Å². The normalized spacial score (nSPS) is 19.3. The zero-order valence-corrected chi connectivity index (χ0v) is 11.1. The number of anilines is 1. The van der Waals surface area contributed by atoms with Gasteiger partial charge < -0.3 is 5.32 Å². The van der Waals surface area contributed by atoms with Gasteiger partial charge in [0.15, 0.2) is 0 Å². The van der Waals surface area contributed by atoms with Gasteiger partial charge in [0.2, 0.25) is 5.91 Å². The molecule has 0 spiro atoms. The van der Waals surface area contributed by atoms with Gasteiger partial charge in [-0.05, 0) is 24.5 Å². The Labute approximate surface area is 106 Å². The Kier molecular flexibility index (Phi) is 4.07. The third-order valence-electron chi connectivity index (χ3n) is 3.02. The SMILES string of the molecule is CCc1cccc(C)c1NC(=O)C1CSCN1. The van der Waals surface area contributed by atoms with Crippen molar-refractivity contribution in [2.24, 2.45) is 0 Å². The molecule has 1 aliphatic heterocycles. The van der Waals surface area contributed by atoms with Gasteiger partial charge in [0.1, 0.15) is 0 Å². The van der Waals surface area contributed by atoms with Gasteiger partial charge in [0.25, 0.3) is 0 Å². The van der Waals surface area contributed by atoms with Crippen molar-refractivity contribution in [2.75, 3.05) is 16.9 Å². The molecule has 1 fully saturated rings. The Bertz CT molecular complexity index is 414. The van der Waals surface area contributed by atoms with Crippen LogP contribution in [0.3, 0.4) is 0 Å². The molecular formula is C13H18N2OS. The highest BCUT2D eigenvalue weighted by Crippen LogP contribution is 2.22. The Morgan fingerprint density at radius 3 is 3.06 bits per heavy atom. The van der Waals surface area contributed by atoms with Gasteiger partial charge in [-0.25, -0.2) is 0 Å². The number of carbonyl (C=O) groups excluding carboxylic acids is 1. The predicted molar refractivity (Wildman–Crippen MR) is 73.4 cm³/mol. The van der Waals surface area contributed by atoms with Gasteiger partial charge >= 0.3 is 0 Å². The number of thioether (sulfide) groups is 1. The van der Waals surface area contributed by atoms with Gasteiger partial charge in [-0.15, -0.1) is 11.8 Å². The average molecular weight is 250 g/mol. The first-order valence-electron chi connectivity index (χ1n) is 5.93. The standard InChI is InChI=1S/C13H18N2OS/c1-3-10-6-4-5-9(2)12(10)15-13(16)11-7-17-8-14-11/h4-6,11,14H,3,7-8H2,1-2H3,(H,15,16). The van der Waals surface area contributed by atoms with E-state index in [1.165, 1.54) is 5.56 Å². The molecule has 3 nitrogen and oxygen atoms in total. The van der Waals surface area contributed by atoms with Crippen LogP contribution in [0.25, 0.3) is 0 Å². The first kappa shape index (κ1) is 12.5. The van der Waals surface area contributed by atoms with Crippen LogP contribution >= 0.6 is 11.8 Å². The molecule has 1 unspecified atom stereocenters. The third kappa shape index (κ3) is 2.82. The van der Waals surface area contributed by atoms with Gasteiger partial charge in [-0.3, -0.25) is 10.1 Å². The molecule has 0 bridgehead atoms. The van der Waals surface area contributed by atoms with Crippen LogP contribution in [0.2, 0.25) is 0 Å². The van der Waals surface area contributed by atoms with Crippen LogP contribution in [0, 0.1) is 6.92 Å². The van der Waals surface area contributed by atoms with Crippen molar-refractivity contribution in [2.45, 2.75) is 26.3 Å². The molecule has 1 aliphatic rings. The summed E-state index contributed by atoms with van der Waals surface area (Å²) >= 11 is 1.76. The number of hydrogen-bond acceptors (Lipinski definition) is 3. The summed E-state index contributed by atoms with van der Waals surface area (Å²) in [7, 11) is 0. The maximum absolute atomic E-state index is 12.0. The number of aryl methyl sites for hydroxylation is 2. The molecule has 1 amide bonds. The molecule has 0 saturated carbocycles. The fraction of sp³-hybridized carbons (Fsp3) is 0.462. The Morgan fingerprint density at radius 1 is 1.59 bits per heavy atom. The van der Waals surface area contributed by atoms with Gasteiger partial charge in [0, 0.05) is 17.3 Å². The summed E-state index contributed by atoms with van der Waals surface area (Å²) < 4.78 is 0. The fourth-order valence-electron chi connectivity index (χ4n) is 1.98. The summed E-state index contributed by atoms with van der Waals surface area (Å²) in [5, 5.41) is 6.24. The second-order valence-corrected chi connectivity index (χ2v) is 5.25. The molecule has 0 radical (unpaired) electrons. The molecule has 17 heavy (non-hydrogen) atoms. The lowest BCUT2D eigenvalue weighted by molar-refractivity contribution is -0.117. The summed E-state index contributed by atoms with van der Waals surface area (Å²) in [6, 6.07) is 6.09. The minimum atomic E-state index is -0.0516. The van der Waals surface area contributed by atoms with E-state index in [2.05, 4.69) is 23.6 Å². The quantitative estimate of drug-likeness (QED) is 0.863. The minimum absolute atomic E-state index is 0.0516. The predicted octanol–water partition coefficient (Wildman–Crippen LogP) is 2.16. The average Bonchev–Trinajstić information content (AvgIpc) is 2.85. The van der Waals surface area contributed by atoms with E-state index in [1.807, 2.05) is 19.1 Å². The molecule has 1 saturated heterocycles. The molecule has 2 N–H and O–H groups in total. The fourth-order valence-corrected chi connectivity index (χ4v) is 2.92. The van der Waals surface area contributed by atoms with Crippen molar-refractivity contribution in [1.29, 1.82) is 0 Å². The van der Waals surface area contributed by atoms with Crippen molar-refractivity contribution in [3.8, 4) is 0 Å². The molecule has 0 aliphatic carbocycles. The molecule has 2 rings (SSSR count). The highest BCUT2D eigenvalue weighted by Gasteiger charge is 2.23. The topological polar surface area (TPSA) is 41.1 Å². The number of nitrogens with one attached hydrogen (secondary N) is 2. The van der Waals surface area contributed by atoms with Crippen LogP contribution in [0.1, 0.15) is 18.1 Å². The molecule has 1 atom stereocenters. The summed E-state index contributed by atoms with van der Waals surface area (Å²) in [5.41, 5.74) is 3.31. The molecular weight excluding hydrogens is 232 g/mol. The molecule has 1 aromatic rings. The highest BCUT2D eigenvalue weighted by molar-refractivity contribution is 7.99. The number of hydrogen-bond donors (Lipinski definition) is 2. The number of rotatable bonds is 3. The number of amides is 1. The van der Waals surface area contributed by atoms with Crippen LogP contribution in [0.5, 0.6) is 0 Å². The van der Waals surface area contributed by atoms with Gasteiger partial charge in [-0.2, -0.15) is 0 Å². The first-order chi connectivity index (χ1) is 8.22. The zero-order chi connectivity index (χ0) is 12.3. The monoisotopic (exact) mass is 250 g/mol. The van der Waals surface area contributed by atoms with Gasteiger partial charge in [-0.1, -0.05) is 25.1 Å². The Hall–Kier alpha value is -1.000. The molecule has 0 aromatic heterocycles. The minimum Gasteiger partial charge on any atom is -0.324 e. The zero-order valence-electron chi connectivity index (χ0n) is 10.2. The van der Waals surface area contributed by atoms with Crippen LogP contribution in [0.4, 0.5) is 5.69 Å². The molecule has 1 heterocycles. The van der Waals surface area contributed by atoms with E-state index in [0.717, 1.165) is 29.3 Å². The highest BCUT2D eigenvalue weighted by atomic mass is 32.2. The largest absolute Gasteiger partial charge is 0.324 e. The van der Waals surface area contributed by atoms with E-state index >= 15 is 0 Å². The Morgan fingerprint density at radius 2 is 2.41 bits per heavy atom. The summed E-state index contributed by atoms with van der Waals surface area (Å²) in [5.74, 6) is 1.81. The maximum atomic E-state index is 12.0. The van der Waals surface area contributed by atoms with Crippen molar-refractivity contribution in [3.63, 3.8) is 0 Å². The second kappa shape index (κ2) is 5.56. The number of carbonyl (C=O) groups is 1. The molecule has 1 aromatic carbocycles. The number of benzene rings is 1. The lowest BCUT2D eigenvalue weighted by Crippen LogP contribution is -2.37. The van der Waals surface area contributed by atoms with Crippen LogP contribution in [0.15, 0.2) is 18.2 Å². The van der Waals surface area contributed by atoms with Crippen molar-refractivity contribution >= 4 is 23.4 Å². The van der Waals surface area contributed by atoms with Crippen molar-refractivity contribution in [3.05, 3.63) is 29.3 Å². The van der Waals surface area contributed by atoms with Gasteiger partial charge in [0.05, 0.1) is 6.04 Å². The first-order valence-corrected chi connectivity index (χ1v) is 7.08. The molecule has 4 heteroatoms. The Balaban J connectivity index is 2.14. The second-order valence-electron chi connectivity index (χ2n) is 4.22. The van der Waals surface area contributed by atoms with E-state index in [-0.39, 0.29) is 11.9 Å². The van der Waals surface area contributed by atoms with Crippen LogP contribution < -0.4 is 10.6 Å². The molecule has 92 valence electrons. The summed E-state index contributed by atoms with van der Waals surface area (Å²) in [4.78, 5) is 12.0. The lowest BCUT2D eigenvalue weighted by Gasteiger charge is -2.15. The van der Waals surface area contributed by atoms with E-state index in [0.29, 0.717) is 0 Å². The smallest absolute Gasteiger partial charge is 0.242 e. The van der Waals surface area contributed by atoms with E-state index < -0.39 is 0 Å². The van der Waals surface area contributed by atoms with Crippen LogP contribution in [-0.4, -0.2) is 23.6 Å². The summed E-state index contributed by atoms with van der Waals surface area (Å²) in [6.07, 6.45) is 0.935. The third-order valence-corrected chi connectivity index (χ3v) is 3.96. The lowest BCUT2D eigenvalue weighted by atomic mass is 10.1.